The van der Waals surface area contributed by atoms with Crippen LogP contribution in [-0.2, 0) is 0 Å². The zero-order valence-electron chi connectivity index (χ0n) is 21.3. The molecule has 0 heterocycles. The van der Waals surface area contributed by atoms with Gasteiger partial charge in [0.1, 0.15) is 17.2 Å². The van der Waals surface area contributed by atoms with Gasteiger partial charge in [0.05, 0.1) is 16.7 Å². The molecule has 4 N–H and O–H groups in total. The third-order valence-corrected chi connectivity index (χ3v) is 10.1. The fraction of sp³-hybridized carbons (Fsp3) is 0.714. The van der Waals surface area contributed by atoms with Crippen molar-refractivity contribution >= 4 is 12.6 Å². The summed E-state index contributed by atoms with van der Waals surface area (Å²) in [5.41, 5.74) is -1.55. The first-order chi connectivity index (χ1) is 15.7. The van der Waals surface area contributed by atoms with Gasteiger partial charge in [-0.1, -0.05) is 34.6 Å². The van der Waals surface area contributed by atoms with E-state index in [1.165, 1.54) is 0 Å². The van der Waals surface area contributed by atoms with Crippen molar-refractivity contribution in [3.05, 3.63) is 16.7 Å². The highest BCUT2D eigenvalue weighted by Crippen LogP contribution is 2.76. The zero-order valence-corrected chi connectivity index (χ0v) is 21.3. The number of rotatable bonds is 6. The molecule has 6 heteroatoms. The summed E-state index contributed by atoms with van der Waals surface area (Å²) in [6.07, 6.45) is 4.71. The SMILES string of the molecule is CC(C)C[C@H](c1c(O)c(C=O)c(O)c(C=O)c1O)[C@]1(C)CC[C@@H]2C1[C@H]1[C@@H](CC[C@@]2(C)O)C1(C)C. The summed E-state index contributed by atoms with van der Waals surface area (Å²) in [5.74, 6) is -0.524. The Bertz CT molecular complexity index is 974. The highest BCUT2D eigenvalue weighted by Gasteiger charge is 2.70. The van der Waals surface area contributed by atoms with E-state index in [0.29, 0.717) is 30.8 Å². The first-order valence-corrected chi connectivity index (χ1v) is 12.7. The standard InChI is InChI=1S/C28H40O6/c1-14(2)11-19(20-24(32)15(12-29)23(31)16(13-30)25(20)33)27(5)9-7-18-22(27)21-17(26(21,3)4)8-10-28(18,6)34/h12-14,17-19,21-22,31-34H,7-11H2,1-6H3/t17-,18-,19-,21-,22?,27+,28-/m1/s1. The minimum Gasteiger partial charge on any atom is -0.507 e. The number of hydrogen-bond donors (Lipinski definition) is 4. The first-order valence-electron chi connectivity index (χ1n) is 12.7. The average Bonchev–Trinajstić information content (AvgIpc) is 3.13. The summed E-state index contributed by atoms with van der Waals surface area (Å²) < 4.78 is 0. The van der Waals surface area contributed by atoms with E-state index in [9.17, 15) is 30.0 Å². The number of benzene rings is 1. The minimum absolute atomic E-state index is 0.0985. The molecule has 1 unspecified atom stereocenters. The van der Waals surface area contributed by atoms with Gasteiger partial charge in [-0.05, 0) is 85.4 Å². The number of phenols is 3. The molecule has 7 atom stereocenters. The molecule has 0 bridgehead atoms. The van der Waals surface area contributed by atoms with Crippen LogP contribution in [-0.4, -0.2) is 38.6 Å². The average molecular weight is 473 g/mol. The quantitative estimate of drug-likeness (QED) is 0.412. The van der Waals surface area contributed by atoms with Crippen LogP contribution in [0.5, 0.6) is 17.2 Å². The second-order valence-electron chi connectivity index (χ2n) is 12.7. The number of carbonyl (C=O) groups excluding carboxylic acids is 2. The maximum absolute atomic E-state index is 11.8. The van der Waals surface area contributed by atoms with E-state index in [-0.39, 0.29) is 51.2 Å². The Kier molecular flexibility index (Phi) is 5.87. The van der Waals surface area contributed by atoms with E-state index < -0.39 is 22.8 Å². The van der Waals surface area contributed by atoms with Crippen LogP contribution < -0.4 is 0 Å². The molecule has 0 amide bonds. The zero-order chi connectivity index (χ0) is 25.4. The maximum atomic E-state index is 11.8. The maximum Gasteiger partial charge on any atom is 0.157 e. The fourth-order valence-corrected chi connectivity index (χ4v) is 8.23. The summed E-state index contributed by atoms with van der Waals surface area (Å²) in [6, 6.07) is 0. The van der Waals surface area contributed by atoms with Gasteiger partial charge in [-0.15, -0.1) is 0 Å². The van der Waals surface area contributed by atoms with E-state index in [4.69, 9.17) is 0 Å². The van der Waals surface area contributed by atoms with Crippen molar-refractivity contribution in [1.82, 2.24) is 0 Å². The lowest BCUT2D eigenvalue weighted by Gasteiger charge is -2.45. The Labute approximate surface area is 202 Å². The molecule has 0 spiro atoms. The van der Waals surface area contributed by atoms with Crippen LogP contribution in [0.15, 0.2) is 0 Å². The monoisotopic (exact) mass is 472 g/mol. The Morgan fingerprint density at radius 3 is 1.88 bits per heavy atom. The molecule has 3 aliphatic rings. The van der Waals surface area contributed by atoms with Crippen LogP contribution in [0, 0.1) is 40.4 Å². The van der Waals surface area contributed by atoms with Crippen LogP contribution in [0.3, 0.4) is 0 Å². The number of aldehydes is 2. The van der Waals surface area contributed by atoms with Crippen LogP contribution in [0.2, 0.25) is 0 Å². The largest absolute Gasteiger partial charge is 0.507 e. The van der Waals surface area contributed by atoms with Crippen molar-refractivity contribution in [3.8, 4) is 17.2 Å². The van der Waals surface area contributed by atoms with Crippen LogP contribution in [0.4, 0.5) is 0 Å². The lowest BCUT2D eigenvalue weighted by Crippen LogP contribution is -2.42. The minimum atomic E-state index is -0.782. The molecule has 0 radical (unpaired) electrons. The van der Waals surface area contributed by atoms with E-state index in [2.05, 4.69) is 34.6 Å². The van der Waals surface area contributed by atoms with Crippen LogP contribution in [0.25, 0.3) is 0 Å². The van der Waals surface area contributed by atoms with E-state index in [0.717, 1.165) is 25.7 Å². The van der Waals surface area contributed by atoms with Gasteiger partial charge in [-0.25, -0.2) is 0 Å². The second-order valence-corrected chi connectivity index (χ2v) is 12.7. The molecular weight excluding hydrogens is 432 g/mol. The lowest BCUT2D eigenvalue weighted by atomic mass is 9.59. The van der Waals surface area contributed by atoms with E-state index in [1.807, 2.05) is 6.92 Å². The Morgan fingerprint density at radius 1 is 0.853 bits per heavy atom. The highest BCUT2D eigenvalue weighted by molar-refractivity contribution is 5.95. The number of fused-ring (bicyclic) bond motifs is 3. The number of carbonyl (C=O) groups is 2. The third-order valence-electron chi connectivity index (χ3n) is 10.1. The molecule has 3 aliphatic carbocycles. The summed E-state index contributed by atoms with van der Waals surface area (Å²) >= 11 is 0. The lowest BCUT2D eigenvalue weighted by molar-refractivity contribution is -0.0441. The molecule has 34 heavy (non-hydrogen) atoms. The molecule has 0 saturated heterocycles. The van der Waals surface area contributed by atoms with E-state index >= 15 is 0 Å². The summed E-state index contributed by atoms with van der Waals surface area (Å²) in [6.45, 7) is 12.9. The Morgan fingerprint density at radius 2 is 1.38 bits per heavy atom. The number of aromatic hydroxyl groups is 3. The Hall–Kier alpha value is -2.08. The highest BCUT2D eigenvalue weighted by atomic mass is 16.3. The fourth-order valence-electron chi connectivity index (χ4n) is 8.23. The molecule has 1 aromatic carbocycles. The predicted octanol–water partition coefficient (Wildman–Crippen LogP) is 5.41. The second kappa shape index (κ2) is 7.97. The Balaban J connectivity index is 1.94. The van der Waals surface area contributed by atoms with Gasteiger partial charge >= 0.3 is 0 Å². The van der Waals surface area contributed by atoms with Gasteiger partial charge in [0.25, 0.3) is 0 Å². The topological polar surface area (TPSA) is 115 Å². The summed E-state index contributed by atoms with van der Waals surface area (Å²) in [4.78, 5) is 23.6. The van der Waals surface area contributed by atoms with Gasteiger partial charge in [-0.3, -0.25) is 9.59 Å². The van der Waals surface area contributed by atoms with Crippen molar-refractivity contribution in [1.29, 1.82) is 0 Å². The van der Waals surface area contributed by atoms with Gasteiger partial charge < -0.3 is 20.4 Å². The van der Waals surface area contributed by atoms with Crippen LogP contribution in [0.1, 0.15) is 106 Å². The molecule has 0 aliphatic heterocycles. The molecule has 1 aromatic rings. The molecule has 0 aromatic heterocycles. The number of aliphatic hydroxyl groups is 1. The van der Waals surface area contributed by atoms with Crippen molar-refractivity contribution in [2.24, 2.45) is 40.4 Å². The van der Waals surface area contributed by atoms with Crippen molar-refractivity contribution < 1.29 is 30.0 Å². The van der Waals surface area contributed by atoms with Crippen molar-refractivity contribution in [3.63, 3.8) is 0 Å². The summed E-state index contributed by atoms with van der Waals surface area (Å²) in [7, 11) is 0. The van der Waals surface area contributed by atoms with Crippen LogP contribution >= 0.6 is 0 Å². The molecule has 4 rings (SSSR count). The van der Waals surface area contributed by atoms with Gasteiger partial charge in [0.15, 0.2) is 12.6 Å². The normalized spacial score (nSPS) is 36.9. The summed E-state index contributed by atoms with van der Waals surface area (Å²) in [5, 5.41) is 44.1. The number of hydrogen-bond acceptors (Lipinski definition) is 6. The van der Waals surface area contributed by atoms with Crippen molar-refractivity contribution in [2.75, 3.05) is 0 Å². The van der Waals surface area contributed by atoms with Gasteiger partial charge in [0, 0.05) is 5.56 Å². The van der Waals surface area contributed by atoms with Gasteiger partial charge in [-0.2, -0.15) is 0 Å². The number of phenolic OH excluding ortho intramolecular Hbond substituents is 3. The molecule has 188 valence electrons. The van der Waals surface area contributed by atoms with Crippen molar-refractivity contribution in [2.45, 2.75) is 85.2 Å². The predicted molar refractivity (Wildman–Crippen MR) is 129 cm³/mol. The molecular formula is C28H40O6. The van der Waals surface area contributed by atoms with E-state index in [1.54, 1.807) is 0 Å². The third kappa shape index (κ3) is 3.39. The molecule has 3 fully saturated rings. The smallest absolute Gasteiger partial charge is 0.157 e. The molecule has 6 nitrogen and oxygen atoms in total. The molecule has 3 saturated carbocycles. The first kappa shape index (κ1) is 25.0. The van der Waals surface area contributed by atoms with Gasteiger partial charge in [0.2, 0.25) is 0 Å².